The zero-order valence-corrected chi connectivity index (χ0v) is 26.1. The minimum absolute atomic E-state index is 0.410. The average Bonchev–Trinajstić information content (AvgIpc) is 3.03. The lowest BCUT2D eigenvalue weighted by molar-refractivity contribution is -0.175. The third-order valence-corrected chi connectivity index (χ3v) is 5.95. The molecule has 0 aliphatic rings. The van der Waals surface area contributed by atoms with E-state index in [-0.39, 0.29) is 0 Å². The predicted octanol–water partition coefficient (Wildman–Crippen LogP) is -3.47. The maximum atomic E-state index is 12.1. The third kappa shape index (κ3) is 20.4. The molecular formula is C28H46O19. The van der Waals surface area contributed by atoms with Crippen LogP contribution in [0.5, 0.6) is 0 Å². The summed E-state index contributed by atoms with van der Waals surface area (Å²) in [5, 5.41) is 54.5. The highest BCUT2D eigenvalue weighted by atomic mass is 16.6. The van der Waals surface area contributed by atoms with E-state index in [2.05, 4.69) is 0 Å². The van der Waals surface area contributed by atoms with Crippen LogP contribution in [0, 0.1) is 10.8 Å². The molecule has 0 saturated carbocycles. The first-order chi connectivity index (χ1) is 22.4. The molecule has 0 amide bonds. The van der Waals surface area contributed by atoms with E-state index in [1.807, 2.05) is 0 Å². The van der Waals surface area contributed by atoms with Gasteiger partial charge in [0.2, 0.25) is 0 Å². The molecule has 0 heterocycles. The SMILES string of the molecule is O=C(CCO)OCC(COCC(COC(=O)CCO)(COC(=O)CCO)COC(=O)CCO)(COC(=O)CCO)COC(=O)CCO. The second-order valence-electron chi connectivity index (χ2n) is 10.3. The topological polar surface area (TPSA) is 288 Å². The molecule has 272 valence electrons. The van der Waals surface area contributed by atoms with E-state index in [1.54, 1.807) is 0 Å². The zero-order valence-electron chi connectivity index (χ0n) is 26.1. The van der Waals surface area contributed by atoms with E-state index in [0.29, 0.717) is 0 Å². The number of aliphatic hydroxyl groups excluding tert-OH is 6. The Bertz CT molecular complexity index is 768. The van der Waals surface area contributed by atoms with Crippen LogP contribution in [-0.4, -0.2) is 159 Å². The molecule has 0 aromatic rings. The van der Waals surface area contributed by atoms with E-state index >= 15 is 0 Å². The lowest BCUT2D eigenvalue weighted by atomic mass is 9.90. The molecule has 0 spiro atoms. The molecule has 0 atom stereocenters. The highest BCUT2D eigenvalue weighted by molar-refractivity contribution is 5.71. The molecule has 0 fully saturated rings. The van der Waals surface area contributed by atoms with Gasteiger partial charge in [-0.25, -0.2) is 0 Å². The number of hydrogen-bond acceptors (Lipinski definition) is 19. The Labute approximate surface area is 270 Å². The Morgan fingerprint density at radius 2 is 0.489 bits per heavy atom. The van der Waals surface area contributed by atoms with Crippen molar-refractivity contribution >= 4 is 35.8 Å². The first-order valence-electron chi connectivity index (χ1n) is 14.6. The first-order valence-corrected chi connectivity index (χ1v) is 14.6. The summed E-state index contributed by atoms with van der Waals surface area (Å²) >= 11 is 0. The standard InChI is InChI=1S/C28H46O19/c29-7-1-21(35)42-15-27(16-43-22(36)2-8-30,17-44-23(37)3-9-31)13-41-14-28(18-45-24(38)4-10-32,19-46-25(39)5-11-33)20-47-26(40)6-12-34/h29-34H,1-20H2. The van der Waals surface area contributed by atoms with E-state index in [9.17, 15) is 28.8 Å². The fourth-order valence-electron chi connectivity index (χ4n) is 3.37. The van der Waals surface area contributed by atoms with Crippen LogP contribution < -0.4 is 0 Å². The number of ether oxygens (including phenoxy) is 7. The van der Waals surface area contributed by atoms with Crippen LogP contribution in [0.4, 0.5) is 0 Å². The van der Waals surface area contributed by atoms with E-state index in [0.717, 1.165) is 0 Å². The van der Waals surface area contributed by atoms with Gasteiger partial charge < -0.3 is 63.8 Å². The van der Waals surface area contributed by atoms with E-state index < -0.39 is 178 Å². The fourth-order valence-corrected chi connectivity index (χ4v) is 3.37. The Morgan fingerprint density at radius 3 is 0.638 bits per heavy atom. The molecular weight excluding hydrogens is 640 g/mol. The van der Waals surface area contributed by atoms with E-state index in [1.165, 1.54) is 0 Å². The average molecular weight is 687 g/mol. The highest BCUT2D eigenvalue weighted by Gasteiger charge is 2.40. The Balaban J connectivity index is 6.45. The summed E-state index contributed by atoms with van der Waals surface area (Å²) in [7, 11) is 0. The summed E-state index contributed by atoms with van der Waals surface area (Å²) < 4.78 is 37.0. The van der Waals surface area contributed by atoms with Gasteiger partial charge in [-0.05, 0) is 0 Å². The van der Waals surface area contributed by atoms with Crippen LogP contribution in [0.15, 0.2) is 0 Å². The molecule has 0 saturated heterocycles. The van der Waals surface area contributed by atoms with Crippen molar-refractivity contribution in [1.82, 2.24) is 0 Å². The van der Waals surface area contributed by atoms with Crippen molar-refractivity contribution < 1.29 is 92.6 Å². The zero-order chi connectivity index (χ0) is 35.6. The van der Waals surface area contributed by atoms with Gasteiger partial charge in [0.15, 0.2) is 0 Å². The van der Waals surface area contributed by atoms with Crippen LogP contribution in [0.2, 0.25) is 0 Å². The van der Waals surface area contributed by atoms with Crippen molar-refractivity contribution in [2.75, 3.05) is 92.5 Å². The molecule has 19 heteroatoms. The first kappa shape index (κ1) is 43.5. The Kier molecular flexibility index (Phi) is 23.7. The second kappa shape index (κ2) is 25.6. The summed E-state index contributed by atoms with van der Waals surface area (Å²) in [6.07, 6.45) is -2.46. The lowest BCUT2D eigenvalue weighted by Gasteiger charge is -2.35. The van der Waals surface area contributed by atoms with Crippen molar-refractivity contribution in [1.29, 1.82) is 0 Å². The summed E-state index contributed by atoms with van der Waals surface area (Å²) in [6, 6.07) is 0. The smallest absolute Gasteiger partial charge is 0.308 e. The quantitative estimate of drug-likeness (QED) is 0.0344. The number of carbonyl (C=O) groups is 6. The minimum Gasteiger partial charge on any atom is -0.465 e. The fraction of sp³-hybridized carbons (Fsp3) is 0.786. The Morgan fingerprint density at radius 1 is 0.319 bits per heavy atom. The van der Waals surface area contributed by atoms with Crippen molar-refractivity contribution in [2.45, 2.75) is 38.5 Å². The maximum absolute atomic E-state index is 12.1. The van der Waals surface area contributed by atoms with Gasteiger partial charge in [-0.3, -0.25) is 28.8 Å². The van der Waals surface area contributed by atoms with Gasteiger partial charge in [-0.2, -0.15) is 0 Å². The molecule has 0 unspecified atom stereocenters. The third-order valence-electron chi connectivity index (χ3n) is 5.95. The van der Waals surface area contributed by atoms with Crippen molar-refractivity contribution in [2.24, 2.45) is 10.8 Å². The second-order valence-corrected chi connectivity index (χ2v) is 10.3. The molecule has 0 aliphatic heterocycles. The van der Waals surface area contributed by atoms with Gasteiger partial charge in [0, 0.05) is 0 Å². The van der Waals surface area contributed by atoms with Gasteiger partial charge in [-0.15, -0.1) is 0 Å². The number of aliphatic hydroxyl groups is 6. The molecule has 0 radical (unpaired) electrons. The number of rotatable bonds is 28. The number of hydrogen-bond donors (Lipinski definition) is 6. The van der Waals surface area contributed by atoms with Gasteiger partial charge in [0.1, 0.15) is 39.6 Å². The molecule has 0 rings (SSSR count). The van der Waals surface area contributed by atoms with Gasteiger partial charge in [0.05, 0.1) is 102 Å². The Hall–Kier alpha value is -3.46. The summed E-state index contributed by atoms with van der Waals surface area (Å²) in [5.74, 6) is -5.27. The number of esters is 6. The minimum atomic E-state index is -1.65. The summed E-state index contributed by atoms with van der Waals surface area (Å²) in [5.41, 5.74) is -3.30. The van der Waals surface area contributed by atoms with Gasteiger partial charge in [0.25, 0.3) is 0 Å². The molecule has 47 heavy (non-hydrogen) atoms. The van der Waals surface area contributed by atoms with Crippen molar-refractivity contribution in [3.63, 3.8) is 0 Å². The van der Waals surface area contributed by atoms with Crippen molar-refractivity contribution in [3.8, 4) is 0 Å². The predicted molar refractivity (Wildman–Crippen MR) is 152 cm³/mol. The van der Waals surface area contributed by atoms with Gasteiger partial charge >= 0.3 is 35.8 Å². The highest BCUT2D eigenvalue weighted by Crippen LogP contribution is 2.26. The largest absolute Gasteiger partial charge is 0.465 e. The molecule has 0 bridgehead atoms. The van der Waals surface area contributed by atoms with Gasteiger partial charge in [-0.1, -0.05) is 0 Å². The lowest BCUT2D eigenvalue weighted by Crippen LogP contribution is -2.47. The number of carbonyl (C=O) groups excluding carboxylic acids is 6. The normalized spacial score (nSPS) is 11.4. The van der Waals surface area contributed by atoms with Crippen LogP contribution in [0.25, 0.3) is 0 Å². The molecule has 19 nitrogen and oxygen atoms in total. The molecule has 0 aromatic heterocycles. The molecule has 0 aliphatic carbocycles. The van der Waals surface area contributed by atoms with Crippen LogP contribution in [0.1, 0.15) is 38.5 Å². The van der Waals surface area contributed by atoms with Crippen molar-refractivity contribution in [3.05, 3.63) is 0 Å². The van der Waals surface area contributed by atoms with Crippen LogP contribution >= 0.6 is 0 Å². The van der Waals surface area contributed by atoms with E-state index in [4.69, 9.17) is 63.8 Å². The summed E-state index contributed by atoms with van der Waals surface area (Å²) in [6.45, 7) is -8.11. The maximum Gasteiger partial charge on any atom is 0.308 e. The monoisotopic (exact) mass is 686 g/mol. The van der Waals surface area contributed by atoms with Crippen LogP contribution in [-0.2, 0) is 61.9 Å². The summed E-state index contributed by atoms with van der Waals surface area (Å²) in [4.78, 5) is 72.6. The molecule has 0 aromatic carbocycles. The molecule has 6 N–H and O–H groups in total. The van der Waals surface area contributed by atoms with Crippen LogP contribution in [0.3, 0.4) is 0 Å².